The number of fused-ring (bicyclic) bond motifs is 4. The van der Waals surface area contributed by atoms with Crippen LogP contribution in [0.4, 0.5) is 5.69 Å². The van der Waals surface area contributed by atoms with Crippen LogP contribution in [0.3, 0.4) is 0 Å². The highest BCUT2D eigenvalue weighted by atomic mass is 35.5. The van der Waals surface area contributed by atoms with E-state index in [1.165, 1.54) is 38.5 Å². The minimum atomic E-state index is -0.543. The van der Waals surface area contributed by atoms with Gasteiger partial charge in [-0.1, -0.05) is 0 Å². The summed E-state index contributed by atoms with van der Waals surface area (Å²) in [5.41, 5.74) is 16.7. The van der Waals surface area contributed by atoms with Crippen molar-refractivity contribution < 1.29 is 9.21 Å². The zero-order valence-corrected chi connectivity index (χ0v) is 39.8. The lowest BCUT2D eigenvalue weighted by Gasteiger charge is -2.36. The second-order valence-corrected chi connectivity index (χ2v) is 17.9. The number of alkyl halides is 2. The molecule has 4 aromatic heterocycles. The maximum absolute atomic E-state index is 11.4. The first-order chi connectivity index (χ1) is 32.6. The Bertz CT molecular complexity index is 3090. The second-order valence-electron chi connectivity index (χ2n) is 17.2. The number of anilines is 1. The Morgan fingerprint density at radius 3 is 1.75 bits per heavy atom. The van der Waals surface area contributed by atoms with Crippen molar-refractivity contribution in [2.45, 2.75) is 57.8 Å². The van der Waals surface area contributed by atoms with Crippen LogP contribution in [0.1, 0.15) is 82.5 Å². The lowest BCUT2D eigenvalue weighted by atomic mass is 10.0. The highest BCUT2D eigenvalue weighted by molar-refractivity contribution is 6.18. The van der Waals surface area contributed by atoms with Gasteiger partial charge in [-0.2, -0.15) is 15.8 Å². The van der Waals surface area contributed by atoms with Crippen molar-refractivity contribution in [3.05, 3.63) is 137 Å². The van der Waals surface area contributed by atoms with E-state index in [0.717, 1.165) is 124 Å². The molecule has 8 aromatic rings. The van der Waals surface area contributed by atoms with Crippen LogP contribution in [0.2, 0.25) is 0 Å². The summed E-state index contributed by atoms with van der Waals surface area (Å²) in [5.74, 6) is 1.09. The smallest absolute Gasteiger partial charge is 0.284 e. The Morgan fingerprint density at radius 2 is 1.19 bits per heavy atom. The quantitative estimate of drug-likeness (QED) is 0.0764. The van der Waals surface area contributed by atoms with Gasteiger partial charge < -0.3 is 29.2 Å². The number of benzene rings is 4. The monoisotopic (exact) mass is 933 g/mol. The Labute approximate surface area is 402 Å². The molecule has 5 heterocycles. The maximum Gasteiger partial charge on any atom is 0.284 e. The average molecular weight is 935 g/mol. The third-order valence-corrected chi connectivity index (χ3v) is 13.1. The van der Waals surface area contributed by atoms with E-state index < -0.39 is 5.91 Å². The minimum Gasteiger partial charge on any atom is -0.451 e. The van der Waals surface area contributed by atoms with Crippen LogP contribution < -0.4 is 10.6 Å². The molecule has 0 unspecified atom stereocenters. The molecule has 0 radical (unpaired) electrons. The summed E-state index contributed by atoms with van der Waals surface area (Å²) in [7, 11) is 4.11. The largest absolute Gasteiger partial charge is 0.451 e. The van der Waals surface area contributed by atoms with E-state index in [-0.39, 0.29) is 5.76 Å². The molecule has 0 saturated carbocycles. The molecule has 4 aromatic carbocycles. The molecule has 13 heteroatoms. The zero-order valence-electron chi connectivity index (χ0n) is 38.3. The molecule has 67 heavy (non-hydrogen) atoms. The summed E-state index contributed by atoms with van der Waals surface area (Å²) in [5, 5.41) is 31.5. The number of nitrogens with zero attached hydrogens (tertiary/aromatic N) is 7. The Hall–Kier alpha value is -6.68. The Balaban J connectivity index is 0.000000168. The number of nitriles is 3. The molecule has 9 rings (SSSR count). The van der Waals surface area contributed by atoms with Crippen molar-refractivity contribution in [3.63, 3.8) is 0 Å². The van der Waals surface area contributed by atoms with E-state index >= 15 is 0 Å². The number of nitrogens with two attached hydrogens (primary N) is 1. The highest BCUT2D eigenvalue weighted by Gasteiger charge is 2.19. The molecular weight excluding hydrogens is 878 g/mol. The number of amides is 1. The number of aromatic amines is 1. The van der Waals surface area contributed by atoms with Crippen molar-refractivity contribution in [3.8, 4) is 18.2 Å². The van der Waals surface area contributed by atoms with Gasteiger partial charge in [0.25, 0.3) is 5.91 Å². The van der Waals surface area contributed by atoms with E-state index in [4.69, 9.17) is 43.9 Å². The van der Waals surface area contributed by atoms with Crippen LogP contribution in [0.25, 0.3) is 43.7 Å². The number of H-pyrrole nitrogens is 1. The number of furan rings is 1. The molecule has 3 N–H and O–H groups in total. The lowest BCUT2D eigenvalue weighted by Crippen LogP contribution is -2.46. The van der Waals surface area contributed by atoms with Crippen molar-refractivity contribution in [1.82, 2.24) is 19.0 Å². The van der Waals surface area contributed by atoms with E-state index in [1.54, 1.807) is 6.07 Å². The minimum absolute atomic E-state index is 0.200. The standard InChI is InChI=1S/C27H29N5O2.C14H15ClN2.C13H13ClN2/c1-30-18-20(23-14-19(17-28)5-7-24(23)30)4-2-3-9-31-10-12-32(13-11-31)22-6-8-25-21(15-22)16-26(34-25)27(29)33;1-17-10-12(4-2-3-7-15)13-8-11(9-16)5-6-14(13)17;14-6-2-1-3-11-9-16-13-5-4-10(8-15)7-12(11)13/h5-8,14-16,18H,2-4,9-13H2,1H3,(H2,29,33);5-6,8,10H,2-4,7H2,1H3;4-5,7,9,16H,1-3,6H2. The van der Waals surface area contributed by atoms with Gasteiger partial charge in [-0.3, -0.25) is 9.69 Å². The SMILES string of the molecule is Cn1cc(CCCCCl)c2cc(C#N)ccc21.Cn1cc(CCCCN2CCN(c3ccc4oc(C(N)=O)cc4c3)CC2)c2cc(C#N)ccc21.N#Cc1ccc2[nH]cc(CCCCCl)c2c1. The van der Waals surface area contributed by atoms with Crippen LogP contribution in [-0.4, -0.2) is 69.4 Å². The third kappa shape index (κ3) is 12.0. The number of unbranched alkanes of at least 4 members (excludes halogenated alkanes) is 3. The maximum atomic E-state index is 11.4. The summed E-state index contributed by atoms with van der Waals surface area (Å²) < 4.78 is 9.77. The summed E-state index contributed by atoms with van der Waals surface area (Å²) >= 11 is 11.3. The lowest BCUT2D eigenvalue weighted by molar-refractivity contribution is 0.0976. The number of carbonyl (C=O) groups excluding carboxylic acids is 1. The molecule has 0 spiro atoms. The van der Waals surface area contributed by atoms with Crippen molar-refractivity contribution in [2.75, 3.05) is 49.4 Å². The van der Waals surface area contributed by atoms with Crippen LogP contribution in [0.15, 0.2) is 102 Å². The van der Waals surface area contributed by atoms with Crippen molar-refractivity contribution >= 4 is 78.5 Å². The average Bonchev–Trinajstić information content (AvgIpc) is 4.13. The topological polar surface area (TPSA) is 160 Å². The highest BCUT2D eigenvalue weighted by Crippen LogP contribution is 2.28. The Morgan fingerprint density at radius 1 is 0.657 bits per heavy atom. The van der Waals surface area contributed by atoms with Gasteiger partial charge in [-0.25, -0.2) is 0 Å². The number of piperazine rings is 1. The molecule has 1 aliphatic heterocycles. The first kappa shape index (κ1) is 48.3. The summed E-state index contributed by atoms with van der Waals surface area (Å²) in [4.78, 5) is 19.5. The number of primary amides is 1. The molecule has 1 amide bonds. The molecule has 1 aliphatic rings. The van der Waals surface area contributed by atoms with Crippen molar-refractivity contribution in [1.29, 1.82) is 15.8 Å². The second kappa shape index (κ2) is 23.2. The fourth-order valence-corrected chi connectivity index (χ4v) is 9.37. The molecule has 0 bridgehead atoms. The number of hydrogen-bond donors (Lipinski definition) is 2. The van der Waals surface area contributed by atoms with Gasteiger partial charge in [0.1, 0.15) is 5.58 Å². The first-order valence-corrected chi connectivity index (χ1v) is 24.1. The molecular formula is C54H57Cl2N9O2. The predicted molar refractivity (Wildman–Crippen MR) is 272 cm³/mol. The van der Waals surface area contributed by atoms with Crippen molar-refractivity contribution in [2.24, 2.45) is 19.8 Å². The first-order valence-electron chi connectivity index (χ1n) is 23.0. The summed E-state index contributed by atoms with van der Waals surface area (Å²) in [6, 6.07) is 31.9. The van der Waals surface area contributed by atoms with Crippen LogP contribution in [-0.2, 0) is 33.4 Å². The number of aryl methyl sites for hydroxylation is 5. The number of halogens is 2. The number of carbonyl (C=O) groups is 1. The van der Waals surface area contributed by atoms with Gasteiger partial charge in [0, 0.05) is 114 Å². The zero-order chi connectivity index (χ0) is 47.3. The molecule has 0 atom stereocenters. The van der Waals surface area contributed by atoms with Crippen LogP contribution in [0.5, 0.6) is 0 Å². The van der Waals surface area contributed by atoms with Gasteiger partial charge in [0.05, 0.1) is 34.9 Å². The number of nitrogens with one attached hydrogen (secondary N) is 1. The molecule has 1 saturated heterocycles. The summed E-state index contributed by atoms with van der Waals surface area (Å²) in [6.07, 6.45) is 16.0. The van der Waals surface area contributed by atoms with E-state index in [0.29, 0.717) is 22.9 Å². The number of hydrogen-bond acceptors (Lipinski definition) is 7. The number of rotatable bonds is 15. The summed E-state index contributed by atoms with van der Waals surface area (Å²) in [6.45, 7) is 5.13. The molecule has 1 fully saturated rings. The van der Waals surface area contributed by atoms with Gasteiger partial charge in [-0.05, 0) is 160 Å². The van der Waals surface area contributed by atoms with Crippen LogP contribution in [0, 0.1) is 34.0 Å². The molecule has 0 aliphatic carbocycles. The fraction of sp³-hybridized carbons (Fsp3) is 0.333. The normalized spacial score (nSPS) is 12.6. The predicted octanol–water partition coefficient (Wildman–Crippen LogP) is 11.3. The van der Waals surface area contributed by atoms with E-state index in [1.807, 2.05) is 80.0 Å². The molecule has 344 valence electrons. The third-order valence-electron chi connectivity index (χ3n) is 12.6. The van der Waals surface area contributed by atoms with Gasteiger partial charge in [0.2, 0.25) is 0 Å². The van der Waals surface area contributed by atoms with Gasteiger partial charge in [-0.15, -0.1) is 23.2 Å². The van der Waals surface area contributed by atoms with E-state index in [9.17, 15) is 10.1 Å². The van der Waals surface area contributed by atoms with Gasteiger partial charge >= 0.3 is 0 Å². The van der Waals surface area contributed by atoms with Gasteiger partial charge in [0.15, 0.2) is 5.76 Å². The number of aromatic nitrogens is 3. The van der Waals surface area contributed by atoms with Crippen LogP contribution >= 0.6 is 23.2 Å². The fourth-order valence-electron chi connectivity index (χ4n) is 8.99. The molecule has 11 nitrogen and oxygen atoms in total. The van der Waals surface area contributed by atoms with E-state index in [2.05, 4.69) is 67.6 Å². The Kier molecular flexibility index (Phi) is 16.7.